The van der Waals surface area contributed by atoms with Gasteiger partial charge in [-0.1, -0.05) is 29.5 Å². The lowest BCUT2D eigenvalue weighted by molar-refractivity contribution is 0.242. The number of nitrogens with zero attached hydrogens (tertiary/aromatic N) is 3. The lowest BCUT2D eigenvalue weighted by atomic mass is 9.88. The molecule has 1 aromatic heterocycles. The molecular weight excluding hydrogens is 354 g/mol. The summed E-state index contributed by atoms with van der Waals surface area (Å²) in [5.74, 6) is 0.609. The van der Waals surface area contributed by atoms with Crippen LogP contribution in [0.3, 0.4) is 0 Å². The molecule has 1 heterocycles. The molecule has 2 aromatic carbocycles. The normalized spacial score (nSPS) is 13.3. The van der Waals surface area contributed by atoms with Crippen molar-refractivity contribution in [3.63, 3.8) is 0 Å². The zero-order valence-corrected chi connectivity index (χ0v) is 16.3. The first kappa shape index (κ1) is 17.7. The van der Waals surface area contributed by atoms with Gasteiger partial charge >= 0.3 is 0 Å². The van der Waals surface area contributed by atoms with Crippen molar-refractivity contribution in [2.24, 2.45) is 0 Å². The number of ether oxygens (including phenoxy) is 1. The molecule has 0 radical (unpaired) electrons. The van der Waals surface area contributed by atoms with Crippen LogP contribution < -0.4 is 4.74 Å². The van der Waals surface area contributed by atoms with Crippen LogP contribution in [0.25, 0.3) is 21.1 Å². The highest BCUT2D eigenvalue weighted by molar-refractivity contribution is 7.17. The minimum atomic E-state index is 0.0281. The summed E-state index contributed by atoms with van der Waals surface area (Å²) in [6.45, 7) is 3.90. The minimum absolute atomic E-state index is 0.0281. The Kier molecular flexibility index (Phi) is 4.91. The van der Waals surface area contributed by atoms with Crippen LogP contribution in [0.1, 0.15) is 43.4 Å². The second-order valence-corrected chi connectivity index (χ2v) is 8.03. The van der Waals surface area contributed by atoms with Gasteiger partial charge in [-0.05, 0) is 68.9 Å². The lowest BCUT2D eigenvalue weighted by Gasteiger charge is -2.17. The minimum Gasteiger partial charge on any atom is -0.490 e. The van der Waals surface area contributed by atoms with Crippen molar-refractivity contribution in [1.29, 1.82) is 5.26 Å². The van der Waals surface area contributed by atoms with Gasteiger partial charge in [-0.15, -0.1) is 10.2 Å². The third-order valence-electron chi connectivity index (χ3n) is 4.76. The number of aromatic nitrogens is 2. The predicted octanol–water partition coefficient (Wildman–Crippen LogP) is 5.41. The second-order valence-electron chi connectivity index (χ2n) is 7.05. The van der Waals surface area contributed by atoms with Crippen molar-refractivity contribution in [1.82, 2.24) is 10.2 Å². The highest BCUT2D eigenvalue weighted by atomic mass is 32.1. The first-order valence-electron chi connectivity index (χ1n) is 9.31. The maximum Gasteiger partial charge on any atom is 0.148 e. The van der Waals surface area contributed by atoms with Gasteiger partial charge in [0, 0.05) is 11.1 Å². The summed E-state index contributed by atoms with van der Waals surface area (Å²) >= 11 is 1.58. The van der Waals surface area contributed by atoms with Crippen LogP contribution in [0.5, 0.6) is 5.75 Å². The summed E-state index contributed by atoms with van der Waals surface area (Å²) in [7, 11) is 0. The van der Waals surface area contributed by atoms with Gasteiger partial charge < -0.3 is 4.74 Å². The fourth-order valence-corrected chi connectivity index (χ4v) is 4.43. The Morgan fingerprint density at radius 3 is 2.70 bits per heavy atom. The van der Waals surface area contributed by atoms with E-state index in [0.717, 1.165) is 28.4 Å². The van der Waals surface area contributed by atoms with Gasteiger partial charge in [0.2, 0.25) is 0 Å². The Hall–Kier alpha value is -2.71. The van der Waals surface area contributed by atoms with Gasteiger partial charge in [0.25, 0.3) is 0 Å². The number of hydrogen-bond acceptors (Lipinski definition) is 5. The first-order valence-corrected chi connectivity index (χ1v) is 10.1. The van der Waals surface area contributed by atoms with Crippen molar-refractivity contribution in [2.75, 3.05) is 0 Å². The van der Waals surface area contributed by atoms with E-state index < -0.39 is 0 Å². The molecule has 5 heteroatoms. The number of rotatable bonds is 4. The van der Waals surface area contributed by atoms with Crippen molar-refractivity contribution >= 4 is 11.3 Å². The van der Waals surface area contributed by atoms with Crippen LogP contribution in [0.2, 0.25) is 0 Å². The van der Waals surface area contributed by atoms with Gasteiger partial charge in [0.15, 0.2) is 0 Å². The van der Waals surface area contributed by atoms with Crippen LogP contribution >= 0.6 is 11.3 Å². The summed E-state index contributed by atoms with van der Waals surface area (Å²) in [5.41, 5.74) is 5.49. The molecule has 0 amide bonds. The fourth-order valence-electron chi connectivity index (χ4n) is 3.54. The fraction of sp³-hybridized carbons (Fsp3) is 0.318. The Labute approximate surface area is 163 Å². The Morgan fingerprint density at radius 2 is 1.89 bits per heavy atom. The monoisotopic (exact) mass is 375 g/mol. The number of hydrogen-bond donors (Lipinski definition) is 0. The van der Waals surface area contributed by atoms with E-state index in [1.807, 2.05) is 32.0 Å². The number of benzene rings is 2. The van der Waals surface area contributed by atoms with E-state index in [-0.39, 0.29) is 6.10 Å². The molecule has 1 aliphatic carbocycles. The molecule has 0 saturated carbocycles. The molecule has 1 aliphatic rings. The van der Waals surface area contributed by atoms with Crippen LogP contribution in [-0.2, 0) is 12.8 Å². The summed E-state index contributed by atoms with van der Waals surface area (Å²) < 4.78 is 5.71. The number of nitriles is 1. The number of aryl methyl sites for hydroxylation is 1. The molecule has 0 aliphatic heterocycles. The van der Waals surface area contributed by atoms with Gasteiger partial charge in [-0.3, -0.25) is 0 Å². The molecule has 4 nitrogen and oxygen atoms in total. The quantitative estimate of drug-likeness (QED) is 0.612. The highest BCUT2D eigenvalue weighted by Gasteiger charge is 2.18. The zero-order valence-electron chi connectivity index (χ0n) is 15.5. The van der Waals surface area contributed by atoms with Crippen molar-refractivity contribution < 1.29 is 4.74 Å². The Bertz CT molecular complexity index is 1020. The molecule has 3 aromatic rings. The highest BCUT2D eigenvalue weighted by Crippen LogP contribution is 2.36. The van der Waals surface area contributed by atoms with E-state index in [1.54, 1.807) is 11.3 Å². The molecule has 27 heavy (non-hydrogen) atoms. The maximum atomic E-state index is 9.46. The molecule has 136 valence electrons. The van der Waals surface area contributed by atoms with Crippen molar-refractivity contribution in [2.45, 2.75) is 45.6 Å². The van der Waals surface area contributed by atoms with Gasteiger partial charge in [-0.2, -0.15) is 5.26 Å². The zero-order chi connectivity index (χ0) is 18.8. The van der Waals surface area contributed by atoms with E-state index in [4.69, 9.17) is 4.74 Å². The molecule has 0 bridgehead atoms. The first-order chi connectivity index (χ1) is 13.2. The van der Waals surface area contributed by atoms with Gasteiger partial charge in [0.05, 0.1) is 11.7 Å². The van der Waals surface area contributed by atoms with Gasteiger partial charge in [-0.25, -0.2) is 0 Å². The SMILES string of the molecule is CC(C)Oc1ccc(-c2nnc(-c3cccc4c3CCCC4)s2)cc1C#N. The standard InChI is InChI=1S/C22H21N3OS/c1-14(2)26-20-11-10-16(12-17(20)13-23)21-24-25-22(27-21)19-9-5-7-15-6-3-4-8-18(15)19/h5,7,9-12,14H,3-4,6,8H2,1-2H3. The summed E-state index contributed by atoms with van der Waals surface area (Å²) in [4.78, 5) is 0. The Morgan fingerprint density at radius 1 is 1.07 bits per heavy atom. The topological polar surface area (TPSA) is 58.8 Å². The van der Waals surface area contributed by atoms with Crippen LogP contribution in [0.4, 0.5) is 0 Å². The summed E-state index contributed by atoms with van der Waals surface area (Å²) in [5, 5.41) is 20.1. The molecular formula is C22H21N3OS. The van der Waals surface area contributed by atoms with Crippen LogP contribution in [0.15, 0.2) is 36.4 Å². The molecule has 0 unspecified atom stereocenters. The van der Waals surface area contributed by atoms with E-state index in [1.165, 1.54) is 29.5 Å². The third-order valence-corrected chi connectivity index (χ3v) is 5.77. The van der Waals surface area contributed by atoms with E-state index >= 15 is 0 Å². The lowest BCUT2D eigenvalue weighted by Crippen LogP contribution is -2.06. The van der Waals surface area contributed by atoms with Crippen molar-refractivity contribution in [3.8, 4) is 33.0 Å². The summed E-state index contributed by atoms with van der Waals surface area (Å²) in [6.07, 6.45) is 4.79. The maximum absolute atomic E-state index is 9.46. The largest absolute Gasteiger partial charge is 0.490 e. The average Bonchev–Trinajstić information content (AvgIpc) is 3.17. The van der Waals surface area contributed by atoms with E-state index in [2.05, 4.69) is 34.5 Å². The Balaban J connectivity index is 1.69. The van der Waals surface area contributed by atoms with E-state index in [0.29, 0.717) is 11.3 Å². The molecule has 0 spiro atoms. The third kappa shape index (κ3) is 3.58. The molecule has 4 rings (SSSR count). The van der Waals surface area contributed by atoms with Crippen LogP contribution in [-0.4, -0.2) is 16.3 Å². The second kappa shape index (κ2) is 7.50. The van der Waals surface area contributed by atoms with Gasteiger partial charge in [0.1, 0.15) is 21.8 Å². The molecule has 0 saturated heterocycles. The van der Waals surface area contributed by atoms with Crippen molar-refractivity contribution in [3.05, 3.63) is 53.1 Å². The average molecular weight is 375 g/mol. The predicted molar refractivity (Wildman–Crippen MR) is 108 cm³/mol. The molecule has 0 atom stereocenters. The van der Waals surface area contributed by atoms with E-state index in [9.17, 15) is 5.26 Å². The van der Waals surface area contributed by atoms with Crippen LogP contribution in [0, 0.1) is 11.3 Å². The summed E-state index contributed by atoms with van der Waals surface area (Å²) in [6, 6.07) is 14.3. The smallest absolute Gasteiger partial charge is 0.148 e. The molecule has 0 N–H and O–H groups in total. The molecule has 0 fully saturated rings. The number of fused-ring (bicyclic) bond motifs is 1.